The summed E-state index contributed by atoms with van der Waals surface area (Å²) in [6, 6.07) is 1.25. The highest BCUT2D eigenvalue weighted by Gasteiger charge is 2.30. The molecular formula is C13H16F2N2O4. The number of ether oxygens (including phenoxy) is 2. The number of nitrogens with zero attached hydrogens (tertiary/aromatic N) is 1. The Morgan fingerprint density at radius 1 is 1.52 bits per heavy atom. The molecule has 1 aliphatic heterocycles. The zero-order valence-electron chi connectivity index (χ0n) is 11.7. The molecule has 1 saturated heterocycles. The summed E-state index contributed by atoms with van der Waals surface area (Å²) in [6.45, 7) is 4.89. The van der Waals surface area contributed by atoms with E-state index in [1.165, 1.54) is 0 Å². The first-order valence-electron chi connectivity index (χ1n) is 6.43. The normalized spacial score (nSPS) is 21.0. The van der Waals surface area contributed by atoms with Gasteiger partial charge in [-0.15, -0.1) is 0 Å². The average molecular weight is 302 g/mol. The van der Waals surface area contributed by atoms with E-state index in [0.717, 1.165) is 6.07 Å². The highest BCUT2D eigenvalue weighted by molar-refractivity contribution is 5.47. The molecule has 1 unspecified atom stereocenters. The maximum atomic E-state index is 13.4. The first kappa shape index (κ1) is 15.6. The number of benzene rings is 1. The first-order valence-corrected chi connectivity index (χ1v) is 6.43. The van der Waals surface area contributed by atoms with Gasteiger partial charge in [-0.1, -0.05) is 0 Å². The van der Waals surface area contributed by atoms with E-state index in [4.69, 9.17) is 9.47 Å². The predicted molar refractivity (Wildman–Crippen MR) is 70.3 cm³/mol. The van der Waals surface area contributed by atoms with E-state index in [-0.39, 0.29) is 12.7 Å². The van der Waals surface area contributed by atoms with Crippen molar-refractivity contribution in [2.75, 3.05) is 19.7 Å². The number of rotatable bonds is 4. The van der Waals surface area contributed by atoms with Crippen LogP contribution in [0.5, 0.6) is 5.75 Å². The summed E-state index contributed by atoms with van der Waals surface area (Å²) in [5.41, 5.74) is -1.27. The van der Waals surface area contributed by atoms with Gasteiger partial charge in [0.05, 0.1) is 10.5 Å². The van der Waals surface area contributed by atoms with Gasteiger partial charge in [0, 0.05) is 25.2 Å². The van der Waals surface area contributed by atoms with Gasteiger partial charge < -0.3 is 14.8 Å². The van der Waals surface area contributed by atoms with Crippen molar-refractivity contribution in [3.05, 3.63) is 33.9 Å². The topological polar surface area (TPSA) is 73.6 Å². The molecule has 1 fully saturated rings. The summed E-state index contributed by atoms with van der Waals surface area (Å²) < 4.78 is 37.5. The molecule has 8 heteroatoms. The summed E-state index contributed by atoms with van der Waals surface area (Å²) in [6.07, 6.45) is -0.361. The Bertz CT molecular complexity index is 551. The fourth-order valence-corrected chi connectivity index (χ4v) is 2.17. The SMILES string of the molecule is CC1(C)CNCC(COc2cc(F)cc(F)c2[N+](=O)[O-])O1. The van der Waals surface area contributed by atoms with Crippen molar-refractivity contribution in [1.29, 1.82) is 0 Å². The van der Waals surface area contributed by atoms with Crippen molar-refractivity contribution in [3.63, 3.8) is 0 Å². The van der Waals surface area contributed by atoms with E-state index in [9.17, 15) is 18.9 Å². The smallest absolute Gasteiger partial charge is 0.346 e. The maximum Gasteiger partial charge on any atom is 0.346 e. The third-order valence-electron chi connectivity index (χ3n) is 3.01. The van der Waals surface area contributed by atoms with Crippen molar-refractivity contribution in [2.45, 2.75) is 25.6 Å². The minimum atomic E-state index is -1.27. The van der Waals surface area contributed by atoms with Gasteiger partial charge in [0.2, 0.25) is 11.6 Å². The van der Waals surface area contributed by atoms with Crippen LogP contribution in [0.4, 0.5) is 14.5 Å². The Kier molecular flexibility index (Phi) is 4.38. The summed E-state index contributed by atoms with van der Waals surface area (Å²) in [5.74, 6) is -2.64. The van der Waals surface area contributed by atoms with Gasteiger partial charge in [-0.3, -0.25) is 10.1 Å². The van der Waals surface area contributed by atoms with E-state index < -0.39 is 33.6 Å². The molecule has 0 radical (unpaired) electrons. The third-order valence-corrected chi connectivity index (χ3v) is 3.01. The molecule has 0 aliphatic carbocycles. The molecule has 1 atom stereocenters. The summed E-state index contributed by atoms with van der Waals surface area (Å²) in [5, 5.41) is 14.0. The number of hydrogen-bond donors (Lipinski definition) is 1. The van der Waals surface area contributed by atoms with Crippen LogP contribution in [-0.2, 0) is 4.74 Å². The molecule has 21 heavy (non-hydrogen) atoms. The van der Waals surface area contributed by atoms with Crippen molar-refractivity contribution < 1.29 is 23.2 Å². The van der Waals surface area contributed by atoms with Gasteiger partial charge in [0.15, 0.2) is 0 Å². The average Bonchev–Trinajstić information content (AvgIpc) is 2.33. The second-order valence-electron chi connectivity index (χ2n) is 5.43. The van der Waals surface area contributed by atoms with Gasteiger partial charge in [-0.2, -0.15) is 4.39 Å². The molecule has 116 valence electrons. The zero-order valence-corrected chi connectivity index (χ0v) is 11.7. The lowest BCUT2D eigenvalue weighted by atomic mass is 10.1. The third kappa shape index (κ3) is 3.85. The second-order valence-corrected chi connectivity index (χ2v) is 5.43. The van der Waals surface area contributed by atoms with Crippen LogP contribution in [0.25, 0.3) is 0 Å². The van der Waals surface area contributed by atoms with Gasteiger partial charge in [0.1, 0.15) is 18.5 Å². The Morgan fingerprint density at radius 3 is 2.86 bits per heavy atom. The first-order chi connectivity index (χ1) is 9.78. The van der Waals surface area contributed by atoms with E-state index in [1.54, 1.807) is 0 Å². The maximum absolute atomic E-state index is 13.4. The number of nitro benzene ring substituents is 1. The molecular weight excluding hydrogens is 286 g/mol. The van der Waals surface area contributed by atoms with Crippen LogP contribution in [0.15, 0.2) is 12.1 Å². The molecule has 0 amide bonds. The summed E-state index contributed by atoms with van der Waals surface area (Å²) >= 11 is 0. The Balaban J connectivity index is 2.11. The lowest BCUT2D eigenvalue weighted by Gasteiger charge is -2.36. The van der Waals surface area contributed by atoms with Crippen LogP contribution in [0, 0.1) is 21.7 Å². The molecule has 0 spiro atoms. The number of nitrogens with one attached hydrogen (secondary N) is 1. The minimum Gasteiger partial charge on any atom is -0.484 e. The van der Waals surface area contributed by atoms with Crippen LogP contribution in [-0.4, -0.2) is 36.3 Å². The highest BCUT2D eigenvalue weighted by atomic mass is 19.1. The Hall–Kier alpha value is -1.80. The Morgan fingerprint density at radius 2 is 2.24 bits per heavy atom. The fourth-order valence-electron chi connectivity index (χ4n) is 2.17. The summed E-state index contributed by atoms with van der Waals surface area (Å²) in [4.78, 5) is 9.89. The van der Waals surface area contributed by atoms with E-state index in [0.29, 0.717) is 19.2 Å². The lowest BCUT2D eigenvalue weighted by molar-refractivity contribution is -0.388. The van der Waals surface area contributed by atoms with E-state index in [2.05, 4.69) is 5.32 Å². The second kappa shape index (κ2) is 5.90. The largest absolute Gasteiger partial charge is 0.484 e. The van der Waals surface area contributed by atoms with Crippen LogP contribution < -0.4 is 10.1 Å². The number of morpholine rings is 1. The van der Waals surface area contributed by atoms with Crippen molar-refractivity contribution >= 4 is 5.69 Å². The molecule has 2 rings (SSSR count). The zero-order chi connectivity index (χ0) is 15.6. The number of hydrogen-bond acceptors (Lipinski definition) is 5. The molecule has 1 aromatic rings. The molecule has 1 aliphatic rings. The van der Waals surface area contributed by atoms with Crippen molar-refractivity contribution in [2.24, 2.45) is 0 Å². The number of halogens is 2. The van der Waals surface area contributed by atoms with Gasteiger partial charge in [-0.05, 0) is 13.8 Å². The summed E-state index contributed by atoms with van der Waals surface area (Å²) in [7, 11) is 0. The molecule has 0 aromatic heterocycles. The van der Waals surface area contributed by atoms with Crippen molar-refractivity contribution in [3.8, 4) is 5.75 Å². The molecule has 0 saturated carbocycles. The molecule has 1 N–H and O–H groups in total. The molecule has 6 nitrogen and oxygen atoms in total. The standard InChI is InChI=1S/C13H16F2N2O4/c1-13(2)7-16-5-9(21-13)6-20-11-4-8(14)3-10(15)12(11)17(18)19/h3-4,9,16H,5-7H2,1-2H3. The van der Waals surface area contributed by atoms with Crippen LogP contribution in [0.1, 0.15) is 13.8 Å². The predicted octanol–water partition coefficient (Wildman–Crippen LogP) is 2.02. The van der Waals surface area contributed by atoms with Gasteiger partial charge in [0.25, 0.3) is 0 Å². The molecule has 0 bridgehead atoms. The van der Waals surface area contributed by atoms with Gasteiger partial charge >= 0.3 is 5.69 Å². The lowest BCUT2D eigenvalue weighted by Crippen LogP contribution is -2.52. The van der Waals surface area contributed by atoms with Crippen molar-refractivity contribution in [1.82, 2.24) is 5.32 Å². The quantitative estimate of drug-likeness (QED) is 0.680. The van der Waals surface area contributed by atoms with Crippen LogP contribution in [0.3, 0.4) is 0 Å². The minimum absolute atomic E-state index is 0.0415. The van der Waals surface area contributed by atoms with E-state index in [1.807, 2.05) is 13.8 Å². The highest BCUT2D eigenvalue weighted by Crippen LogP contribution is 2.31. The van der Waals surface area contributed by atoms with Gasteiger partial charge in [-0.25, -0.2) is 4.39 Å². The van der Waals surface area contributed by atoms with E-state index >= 15 is 0 Å². The monoisotopic (exact) mass is 302 g/mol. The Labute approximate surface area is 120 Å². The van der Waals surface area contributed by atoms with Crippen LogP contribution >= 0.6 is 0 Å². The fraction of sp³-hybridized carbons (Fsp3) is 0.538. The molecule has 1 aromatic carbocycles. The number of nitro groups is 1. The van der Waals surface area contributed by atoms with Crippen LogP contribution in [0.2, 0.25) is 0 Å². The molecule has 1 heterocycles.